The Morgan fingerprint density at radius 2 is 1.86 bits per heavy atom. The monoisotopic (exact) mass is 516 g/mol. The summed E-state index contributed by atoms with van der Waals surface area (Å²) in [6.45, 7) is 3.18. The number of halogens is 1. The Morgan fingerprint density at radius 3 is 2.50 bits per heavy atom. The third-order valence-electron chi connectivity index (χ3n) is 8.23. The predicted octanol–water partition coefficient (Wildman–Crippen LogP) is 4.09. The highest BCUT2D eigenvalue weighted by molar-refractivity contribution is 7.89. The number of nitrogens with zero attached hydrogens (tertiary/aromatic N) is 3. The number of pyridine rings is 1. The van der Waals surface area contributed by atoms with Crippen LogP contribution in [0.15, 0.2) is 47.5 Å². The number of hydrogen-bond donors (Lipinski definition) is 1. The molecular formula is C27H37FN4O3S. The zero-order valence-electron chi connectivity index (χ0n) is 21.0. The quantitative estimate of drug-likeness (QED) is 0.598. The van der Waals surface area contributed by atoms with E-state index in [0.717, 1.165) is 76.9 Å². The van der Waals surface area contributed by atoms with Gasteiger partial charge >= 0.3 is 0 Å². The van der Waals surface area contributed by atoms with E-state index in [9.17, 15) is 12.8 Å². The molecule has 2 aliphatic heterocycles. The van der Waals surface area contributed by atoms with Crippen molar-refractivity contribution in [3.05, 3.63) is 54.0 Å². The molecule has 196 valence electrons. The molecule has 9 heteroatoms. The summed E-state index contributed by atoms with van der Waals surface area (Å²) in [5, 5.41) is 0. The number of anilines is 1. The summed E-state index contributed by atoms with van der Waals surface area (Å²) in [5.41, 5.74) is 0.740. The van der Waals surface area contributed by atoms with Crippen molar-refractivity contribution in [2.24, 2.45) is 0 Å². The molecule has 0 bridgehead atoms. The van der Waals surface area contributed by atoms with Crippen LogP contribution >= 0.6 is 0 Å². The minimum Gasteiger partial charge on any atom is -0.375 e. The number of hydrogen-bond acceptors (Lipinski definition) is 6. The van der Waals surface area contributed by atoms with Crippen molar-refractivity contribution in [2.75, 3.05) is 31.6 Å². The maximum atomic E-state index is 14.0. The van der Waals surface area contributed by atoms with Crippen LogP contribution in [0.25, 0.3) is 0 Å². The van der Waals surface area contributed by atoms with E-state index < -0.39 is 10.0 Å². The number of rotatable bonds is 7. The second-order valence-electron chi connectivity index (χ2n) is 10.6. The van der Waals surface area contributed by atoms with Crippen molar-refractivity contribution in [2.45, 2.75) is 80.5 Å². The first-order valence-electron chi connectivity index (χ1n) is 13.1. The Morgan fingerprint density at radius 1 is 1.11 bits per heavy atom. The van der Waals surface area contributed by atoms with Crippen LogP contribution in [0.2, 0.25) is 0 Å². The minimum absolute atomic E-state index is 0.0508. The molecule has 2 aromatic rings. The van der Waals surface area contributed by atoms with Crippen LogP contribution in [0.1, 0.15) is 56.9 Å². The van der Waals surface area contributed by atoms with Gasteiger partial charge in [-0.25, -0.2) is 22.5 Å². The summed E-state index contributed by atoms with van der Waals surface area (Å²) >= 11 is 0. The van der Waals surface area contributed by atoms with Gasteiger partial charge < -0.3 is 9.64 Å². The van der Waals surface area contributed by atoms with Gasteiger partial charge in [-0.05, 0) is 76.6 Å². The van der Waals surface area contributed by atoms with Gasteiger partial charge in [-0.2, -0.15) is 0 Å². The van der Waals surface area contributed by atoms with Gasteiger partial charge in [0.2, 0.25) is 10.0 Å². The van der Waals surface area contributed by atoms with Crippen molar-refractivity contribution < 1.29 is 17.5 Å². The molecule has 36 heavy (non-hydrogen) atoms. The predicted molar refractivity (Wildman–Crippen MR) is 138 cm³/mol. The van der Waals surface area contributed by atoms with Crippen molar-refractivity contribution in [1.29, 1.82) is 0 Å². The zero-order chi connectivity index (χ0) is 25.2. The molecule has 3 fully saturated rings. The van der Waals surface area contributed by atoms with Crippen molar-refractivity contribution in [3.63, 3.8) is 0 Å². The molecule has 1 aromatic carbocycles. The van der Waals surface area contributed by atoms with E-state index in [1.54, 1.807) is 12.1 Å². The number of ether oxygens (including phenoxy) is 1. The third kappa shape index (κ3) is 5.74. The highest BCUT2D eigenvalue weighted by atomic mass is 32.2. The summed E-state index contributed by atoms with van der Waals surface area (Å²) in [6.07, 6.45) is 9.00. The van der Waals surface area contributed by atoms with E-state index >= 15 is 0 Å². The lowest BCUT2D eigenvalue weighted by Crippen LogP contribution is -2.44. The Labute approximate surface area is 214 Å². The number of aromatic nitrogens is 1. The number of sulfonamides is 1. The lowest BCUT2D eigenvalue weighted by atomic mass is 9.89. The summed E-state index contributed by atoms with van der Waals surface area (Å²) < 4.78 is 48.9. The topological polar surface area (TPSA) is 74.8 Å². The van der Waals surface area contributed by atoms with E-state index in [0.29, 0.717) is 18.2 Å². The lowest BCUT2D eigenvalue weighted by molar-refractivity contribution is -0.0147. The van der Waals surface area contributed by atoms with Crippen LogP contribution in [0.4, 0.5) is 10.2 Å². The maximum absolute atomic E-state index is 14.0. The van der Waals surface area contributed by atoms with E-state index in [1.807, 2.05) is 25.2 Å². The second-order valence-corrected chi connectivity index (χ2v) is 12.3. The first-order valence-corrected chi connectivity index (χ1v) is 14.6. The fraction of sp³-hybridized carbons (Fsp3) is 0.593. The fourth-order valence-electron chi connectivity index (χ4n) is 5.96. The SMILES string of the molecule is CN(Cc1ccccc1F)[C@H]1CC[C@H](NS(=O)(=O)c2ccc(N3CCC4(CCCO4)CC3)nc2)CC1. The molecule has 7 nitrogen and oxygen atoms in total. The van der Waals surface area contributed by atoms with Crippen LogP contribution in [-0.2, 0) is 21.3 Å². The highest BCUT2D eigenvalue weighted by Gasteiger charge is 2.38. The molecule has 5 rings (SSSR count). The normalized spacial score (nSPS) is 24.5. The van der Waals surface area contributed by atoms with E-state index in [2.05, 4.69) is 19.5 Å². The van der Waals surface area contributed by atoms with Crippen LogP contribution < -0.4 is 9.62 Å². The first-order chi connectivity index (χ1) is 17.3. The largest absolute Gasteiger partial charge is 0.375 e. The van der Waals surface area contributed by atoms with Crippen LogP contribution in [0.5, 0.6) is 0 Å². The van der Waals surface area contributed by atoms with Crippen LogP contribution in [0, 0.1) is 5.82 Å². The third-order valence-corrected chi connectivity index (χ3v) is 9.74. The molecule has 1 N–H and O–H groups in total. The fourth-order valence-corrected chi connectivity index (χ4v) is 7.21. The van der Waals surface area contributed by atoms with E-state index in [4.69, 9.17) is 4.74 Å². The summed E-state index contributed by atoms with van der Waals surface area (Å²) in [4.78, 5) is 9.09. The molecule has 2 saturated heterocycles. The Bertz CT molecular complexity index is 1120. The average molecular weight is 517 g/mol. The molecule has 0 radical (unpaired) electrons. The maximum Gasteiger partial charge on any atom is 0.242 e. The molecule has 1 saturated carbocycles. The highest BCUT2D eigenvalue weighted by Crippen LogP contribution is 2.36. The zero-order valence-corrected chi connectivity index (χ0v) is 21.9. The Kier molecular flexibility index (Phi) is 7.62. The standard InChI is InChI=1S/C27H37FN4O3S/c1-31(20-21-5-2-3-6-25(21)28)23-9-7-22(8-10-23)30-36(33,34)24-11-12-26(29-19-24)32-16-14-27(15-17-32)13-4-18-35-27/h2-3,5-6,11-12,19,22-23,30H,4,7-10,13-18,20H2,1H3/t22-,23-. The van der Waals surface area contributed by atoms with Crippen molar-refractivity contribution in [1.82, 2.24) is 14.6 Å². The van der Waals surface area contributed by atoms with Crippen LogP contribution in [0.3, 0.4) is 0 Å². The minimum atomic E-state index is -3.63. The molecule has 1 aromatic heterocycles. The molecule has 0 amide bonds. The van der Waals surface area contributed by atoms with Gasteiger partial charge in [-0.3, -0.25) is 4.90 Å². The molecule has 0 atom stereocenters. The van der Waals surface area contributed by atoms with Gasteiger partial charge in [-0.15, -0.1) is 0 Å². The van der Waals surface area contributed by atoms with Gasteiger partial charge in [-0.1, -0.05) is 18.2 Å². The van der Waals surface area contributed by atoms with Gasteiger partial charge in [0.25, 0.3) is 0 Å². The number of piperidine rings is 1. The molecule has 1 aliphatic carbocycles. The molecule has 0 unspecified atom stereocenters. The lowest BCUT2D eigenvalue weighted by Gasteiger charge is -2.39. The van der Waals surface area contributed by atoms with Crippen molar-refractivity contribution in [3.8, 4) is 0 Å². The number of benzene rings is 1. The number of nitrogens with one attached hydrogen (secondary N) is 1. The first kappa shape index (κ1) is 25.6. The molecule has 3 heterocycles. The van der Waals surface area contributed by atoms with Gasteiger partial charge in [0.05, 0.1) is 5.60 Å². The molecular weight excluding hydrogens is 479 g/mol. The van der Waals surface area contributed by atoms with Gasteiger partial charge in [0, 0.05) is 50.1 Å². The molecule has 3 aliphatic rings. The second kappa shape index (κ2) is 10.7. The summed E-state index contributed by atoms with van der Waals surface area (Å²) in [5.74, 6) is 0.637. The van der Waals surface area contributed by atoms with E-state index in [-0.39, 0.29) is 22.4 Å². The Hall–Kier alpha value is -2.07. The van der Waals surface area contributed by atoms with Crippen molar-refractivity contribution >= 4 is 15.8 Å². The smallest absolute Gasteiger partial charge is 0.242 e. The summed E-state index contributed by atoms with van der Waals surface area (Å²) in [6, 6.07) is 10.5. The molecule has 1 spiro atoms. The average Bonchev–Trinajstić information content (AvgIpc) is 3.34. The van der Waals surface area contributed by atoms with Gasteiger partial charge in [0.1, 0.15) is 16.5 Å². The summed E-state index contributed by atoms with van der Waals surface area (Å²) in [7, 11) is -1.62. The van der Waals surface area contributed by atoms with Gasteiger partial charge in [0.15, 0.2) is 0 Å². The van der Waals surface area contributed by atoms with Crippen LogP contribution in [-0.4, -0.2) is 62.7 Å². The Balaban J connectivity index is 1.12. The van der Waals surface area contributed by atoms with E-state index in [1.165, 1.54) is 12.3 Å².